The molecule has 5 heteroatoms. The van der Waals surface area contributed by atoms with E-state index in [1.807, 2.05) is 42.5 Å². The Hall–Kier alpha value is -1.94. The van der Waals surface area contributed by atoms with Crippen molar-refractivity contribution < 1.29 is 4.79 Å². The van der Waals surface area contributed by atoms with E-state index in [1.165, 1.54) is 10.5 Å². The Morgan fingerprint density at radius 3 is 2.16 bits per heavy atom. The zero-order chi connectivity index (χ0) is 17.6. The van der Waals surface area contributed by atoms with Gasteiger partial charge in [0.25, 0.3) is 5.91 Å². The van der Waals surface area contributed by atoms with Crippen molar-refractivity contribution in [3.63, 3.8) is 0 Å². The van der Waals surface area contributed by atoms with Gasteiger partial charge in [0.15, 0.2) is 0 Å². The fourth-order valence-corrected chi connectivity index (χ4v) is 3.66. The van der Waals surface area contributed by atoms with Crippen molar-refractivity contribution >= 4 is 46.6 Å². The van der Waals surface area contributed by atoms with Gasteiger partial charge in [0.05, 0.1) is 0 Å². The number of carbonyl (C=O) groups excluding carboxylic acids is 1. The van der Waals surface area contributed by atoms with Crippen LogP contribution in [0.15, 0.2) is 77.7 Å². The number of benzene rings is 3. The van der Waals surface area contributed by atoms with E-state index in [9.17, 15) is 4.79 Å². The van der Waals surface area contributed by atoms with E-state index in [4.69, 9.17) is 23.2 Å². The minimum absolute atomic E-state index is 0.240. The summed E-state index contributed by atoms with van der Waals surface area (Å²) in [5.74, 6) is 0.637. The van der Waals surface area contributed by atoms with Gasteiger partial charge in [0, 0.05) is 31.9 Å². The molecule has 0 bridgehead atoms. The fraction of sp³-hybridized carbons (Fsp3) is 0.0500. The lowest BCUT2D eigenvalue weighted by Gasteiger charge is -2.08. The van der Waals surface area contributed by atoms with Crippen LogP contribution in [0.4, 0.5) is 5.69 Å². The van der Waals surface area contributed by atoms with E-state index in [0.29, 0.717) is 15.6 Å². The van der Waals surface area contributed by atoms with Crippen LogP contribution in [0.5, 0.6) is 0 Å². The molecule has 3 aromatic carbocycles. The van der Waals surface area contributed by atoms with Crippen LogP contribution in [0.2, 0.25) is 10.0 Å². The van der Waals surface area contributed by atoms with Crippen LogP contribution in [-0.4, -0.2) is 5.91 Å². The third-order valence-corrected chi connectivity index (χ3v) is 5.00. The van der Waals surface area contributed by atoms with Crippen molar-refractivity contribution in [2.24, 2.45) is 0 Å². The number of hydrogen-bond donors (Lipinski definition) is 1. The highest BCUT2D eigenvalue weighted by molar-refractivity contribution is 7.98. The summed E-state index contributed by atoms with van der Waals surface area (Å²) in [6.07, 6.45) is 0. The second-order valence-corrected chi connectivity index (χ2v) is 7.33. The van der Waals surface area contributed by atoms with E-state index in [2.05, 4.69) is 17.4 Å². The van der Waals surface area contributed by atoms with Crippen molar-refractivity contribution in [3.8, 4) is 0 Å². The number of amides is 1. The highest BCUT2D eigenvalue weighted by Crippen LogP contribution is 2.24. The van der Waals surface area contributed by atoms with Crippen molar-refractivity contribution in [2.45, 2.75) is 10.6 Å². The molecule has 0 fully saturated rings. The average Bonchev–Trinajstić information content (AvgIpc) is 2.61. The number of anilines is 1. The van der Waals surface area contributed by atoms with Gasteiger partial charge in [-0.15, -0.1) is 11.8 Å². The summed E-state index contributed by atoms with van der Waals surface area (Å²) in [5, 5.41) is 3.72. The zero-order valence-corrected chi connectivity index (χ0v) is 15.5. The number of carbonyl (C=O) groups is 1. The van der Waals surface area contributed by atoms with Crippen LogP contribution in [0.1, 0.15) is 15.9 Å². The molecule has 1 amide bonds. The lowest BCUT2D eigenvalue weighted by Crippen LogP contribution is -2.11. The van der Waals surface area contributed by atoms with Crippen molar-refractivity contribution in [3.05, 3.63) is 94.0 Å². The van der Waals surface area contributed by atoms with Crippen LogP contribution in [0, 0.1) is 0 Å². The van der Waals surface area contributed by atoms with Crippen LogP contribution in [0.25, 0.3) is 0 Å². The predicted octanol–water partition coefficient (Wildman–Crippen LogP) is 6.54. The molecule has 126 valence electrons. The van der Waals surface area contributed by atoms with Gasteiger partial charge >= 0.3 is 0 Å². The zero-order valence-electron chi connectivity index (χ0n) is 13.2. The number of halogens is 2. The van der Waals surface area contributed by atoms with Crippen LogP contribution in [0.3, 0.4) is 0 Å². The molecule has 0 saturated carbocycles. The molecule has 0 radical (unpaired) electrons. The van der Waals surface area contributed by atoms with E-state index in [1.54, 1.807) is 30.0 Å². The molecule has 1 N–H and O–H groups in total. The normalized spacial score (nSPS) is 10.5. The largest absolute Gasteiger partial charge is 0.322 e. The first kappa shape index (κ1) is 17.9. The van der Waals surface area contributed by atoms with E-state index < -0.39 is 0 Å². The molecule has 0 atom stereocenters. The lowest BCUT2D eigenvalue weighted by molar-refractivity contribution is 0.102. The summed E-state index contributed by atoms with van der Waals surface area (Å²) in [7, 11) is 0. The summed E-state index contributed by atoms with van der Waals surface area (Å²) < 4.78 is 0. The predicted molar refractivity (Wildman–Crippen MR) is 107 cm³/mol. The summed E-state index contributed by atoms with van der Waals surface area (Å²) in [5.41, 5.74) is 2.36. The fourth-order valence-electron chi connectivity index (χ4n) is 2.26. The maximum atomic E-state index is 12.3. The number of nitrogens with one attached hydrogen (secondary N) is 1. The monoisotopic (exact) mass is 387 g/mol. The van der Waals surface area contributed by atoms with Crippen LogP contribution < -0.4 is 5.32 Å². The molecule has 0 spiro atoms. The third kappa shape index (κ3) is 5.27. The molecular formula is C20H15Cl2NOS. The Morgan fingerprint density at radius 1 is 0.880 bits per heavy atom. The molecule has 0 aliphatic rings. The molecule has 2 nitrogen and oxygen atoms in total. The average molecular weight is 388 g/mol. The highest BCUT2D eigenvalue weighted by atomic mass is 35.5. The molecule has 0 aromatic heterocycles. The molecule has 3 rings (SSSR count). The van der Waals surface area contributed by atoms with Gasteiger partial charge in [-0.3, -0.25) is 4.79 Å². The third-order valence-electron chi connectivity index (χ3n) is 3.49. The minimum Gasteiger partial charge on any atom is -0.322 e. The first-order valence-electron chi connectivity index (χ1n) is 7.64. The van der Waals surface area contributed by atoms with Crippen molar-refractivity contribution in [1.29, 1.82) is 0 Å². The standard InChI is InChI=1S/C20H15Cl2NOS/c21-16-10-15(11-17(22)12-16)20(24)23-18-8-6-14(7-9-18)13-25-19-4-2-1-3-5-19/h1-12H,13H2,(H,23,24). The Balaban J connectivity index is 1.61. The maximum Gasteiger partial charge on any atom is 0.255 e. The molecule has 3 aromatic rings. The molecule has 0 aliphatic heterocycles. The molecule has 25 heavy (non-hydrogen) atoms. The van der Waals surface area contributed by atoms with E-state index >= 15 is 0 Å². The molecule has 0 saturated heterocycles. The topological polar surface area (TPSA) is 29.1 Å². The second-order valence-electron chi connectivity index (χ2n) is 5.41. The van der Waals surface area contributed by atoms with Crippen LogP contribution in [-0.2, 0) is 5.75 Å². The molecule has 0 aliphatic carbocycles. The summed E-state index contributed by atoms with van der Waals surface area (Å²) in [6, 6.07) is 22.8. The lowest BCUT2D eigenvalue weighted by atomic mass is 10.2. The molecular weight excluding hydrogens is 373 g/mol. The second kappa shape index (κ2) is 8.43. The number of rotatable bonds is 5. The van der Waals surface area contributed by atoms with Gasteiger partial charge in [0.1, 0.15) is 0 Å². The SMILES string of the molecule is O=C(Nc1ccc(CSc2ccccc2)cc1)c1cc(Cl)cc(Cl)c1. The quantitative estimate of drug-likeness (QED) is 0.503. The Labute approximate surface area is 161 Å². The first-order chi connectivity index (χ1) is 12.1. The number of thioether (sulfide) groups is 1. The Bertz CT molecular complexity index is 846. The van der Waals surface area contributed by atoms with Gasteiger partial charge in [-0.1, -0.05) is 53.5 Å². The summed E-state index contributed by atoms with van der Waals surface area (Å²) >= 11 is 13.6. The Morgan fingerprint density at radius 2 is 1.52 bits per heavy atom. The first-order valence-corrected chi connectivity index (χ1v) is 9.38. The van der Waals surface area contributed by atoms with Gasteiger partial charge in [-0.2, -0.15) is 0 Å². The molecule has 0 unspecified atom stereocenters. The van der Waals surface area contributed by atoms with Crippen molar-refractivity contribution in [1.82, 2.24) is 0 Å². The van der Waals surface area contributed by atoms with Gasteiger partial charge in [-0.25, -0.2) is 0 Å². The van der Waals surface area contributed by atoms with Gasteiger partial charge in [0.2, 0.25) is 0 Å². The maximum absolute atomic E-state index is 12.3. The summed E-state index contributed by atoms with van der Waals surface area (Å²) in [6.45, 7) is 0. The Kier molecular flexibility index (Phi) is 6.03. The number of hydrogen-bond acceptors (Lipinski definition) is 2. The minimum atomic E-state index is -0.240. The van der Waals surface area contributed by atoms with Crippen LogP contribution >= 0.6 is 35.0 Å². The highest BCUT2D eigenvalue weighted by Gasteiger charge is 2.08. The van der Waals surface area contributed by atoms with E-state index in [0.717, 1.165) is 11.4 Å². The summed E-state index contributed by atoms with van der Waals surface area (Å²) in [4.78, 5) is 13.5. The van der Waals surface area contributed by atoms with E-state index in [-0.39, 0.29) is 5.91 Å². The van der Waals surface area contributed by atoms with Crippen molar-refractivity contribution in [2.75, 3.05) is 5.32 Å². The van der Waals surface area contributed by atoms with Gasteiger partial charge < -0.3 is 5.32 Å². The molecule has 0 heterocycles. The van der Waals surface area contributed by atoms with Gasteiger partial charge in [-0.05, 0) is 48.0 Å². The smallest absolute Gasteiger partial charge is 0.255 e.